The van der Waals surface area contributed by atoms with Crippen LogP contribution >= 0.6 is 0 Å². The van der Waals surface area contributed by atoms with Crippen LogP contribution in [0.25, 0.3) is 0 Å². The van der Waals surface area contributed by atoms with Gasteiger partial charge < -0.3 is 24.6 Å². The zero-order valence-corrected chi connectivity index (χ0v) is 20.8. The van der Waals surface area contributed by atoms with Crippen LogP contribution in [-0.4, -0.2) is 92.2 Å². The van der Waals surface area contributed by atoms with Gasteiger partial charge in [0.1, 0.15) is 19.2 Å². The summed E-state index contributed by atoms with van der Waals surface area (Å²) in [5.74, 6) is 0. The summed E-state index contributed by atoms with van der Waals surface area (Å²) in [5, 5.41) is 28.6. The quantitative estimate of drug-likeness (QED) is 0.0853. The van der Waals surface area contributed by atoms with Crippen molar-refractivity contribution in [3.8, 4) is 0 Å². The molecule has 0 rings (SSSR count). The lowest BCUT2D eigenvalue weighted by atomic mass is 10.1. The third kappa shape index (κ3) is 20.0. The van der Waals surface area contributed by atoms with Crippen molar-refractivity contribution >= 4 is 10.4 Å². The van der Waals surface area contributed by atoms with Gasteiger partial charge in [0.2, 0.25) is 16.6 Å². The number of hydrogen-bond acceptors (Lipinski definition) is 8. The molecule has 0 aromatic rings. The van der Waals surface area contributed by atoms with E-state index in [2.05, 4.69) is 11.1 Å². The van der Waals surface area contributed by atoms with Crippen molar-refractivity contribution in [1.29, 1.82) is 0 Å². The Morgan fingerprint density at radius 2 is 1.29 bits per heavy atom. The van der Waals surface area contributed by atoms with Crippen LogP contribution in [0.15, 0.2) is 0 Å². The monoisotopic (exact) mass is 473 g/mol. The second-order valence-corrected chi connectivity index (χ2v) is 9.28. The van der Waals surface area contributed by atoms with Crippen LogP contribution < -0.4 is 0 Å². The Morgan fingerprint density at radius 3 is 1.61 bits per heavy atom. The molecule has 0 radical (unpaired) electrons. The number of likely N-dealkylation sites (N-methyl/N-ethyl adjacent to an activating group) is 1. The molecule has 3 N–H and O–H groups in total. The Labute approximate surface area is 189 Å². The van der Waals surface area contributed by atoms with Gasteiger partial charge in [0.05, 0.1) is 34.0 Å². The number of unbranched alkanes of at least 4 members (excludes halogenated alkanes) is 9. The fourth-order valence-electron chi connectivity index (χ4n) is 3.46. The summed E-state index contributed by atoms with van der Waals surface area (Å²) in [6.07, 6.45) is 11.8. The summed E-state index contributed by atoms with van der Waals surface area (Å²) in [6, 6.07) is 0. The van der Waals surface area contributed by atoms with E-state index in [9.17, 15) is 28.3 Å². The molecule has 0 aliphatic carbocycles. The highest BCUT2D eigenvalue weighted by Gasteiger charge is 2.36. The van der Waals surface area contributed by atoms with Crippen LogP contribution in [0.1, 0.15) is 78.1 Å². The molecular weight excluding hydrogens is 426 g/mol. The van der Waals surface area contributed by atoms with E-state index < -0.39 is 22.7 Å². The van der Waals surface area contributed by atoms with Crippen molar-refractivity contribution in [2.75, 3.05) is 47.1 Å². The van der Waals surface area contributed by atoms with E-state index in [1.54, 1.807) is 6.92 Å². The SMILES string of the molecule is CCCCCCCCCCCCOC(C(C)O)[N+](C)(CCO)CCO.COS(=O)(=O)[O-]. The zero-order chi connectivity index (χ0) is 24.2. The molecule has 0 spiro atoms. The van der Waals surface area contributed by atoms with E-state index in [1.807, 2.05) is 7.05 Å². The van der Waals surface area contributed by atoms with Crippen LogP contribution in [-0.2, 0) is 19.3 Å². The molecule has 0 fully saturated rings. The Bertz CT molecular complexity index is 482. The molecule has 0 aromatic heterocycles. The van der Waals surface area contributed by atoms with Gasteiger partial charge >= 0.3 is 0 Å². The number of nitrogens with zero attached hydrogens (tertiary/aromatic N) is 1. The first-order valence-electron chi connectivity index (χ1n) is 11.4. The van der Waals surface area contributed by atoms with Gasteiger partial charge in [-0.05, 0) is 13.3 Å². The molecule has 190 valence electrons. The van der Waals surface area contributed by atoms with Crippen molar-refractivity contribution in [3.63, 3.8) is 0 Å². The summed E-state index contributed by atoms with van der Waals surface area (Å²) < 4.78 is 37.3. The normalized spacial score (nSPS) is 14.1. The first-order chi connectivity index (χ1) is 14.6. The third-order valence-corrected chi connectivity index (χ3v) is 5.65. The van der Waals surface area contributed by atoms with E-state index >= 15 is 0 Å². The van der Waals surface area contributed by atoms with E-state index in [0.29, 0.717) is 24.2 Å². The average molecular weight is 474 g/mol. The highest BCUT2D eigenvalue weighted by molar-refractivity contribution is 7.80. The molecule has 2 unspecified atom stereocenters. The van der Waals surface area contributed by atoms with Gasteiger partial charge in [-0.15, -0.1) is 0 Å². The van der Waals surface area contributed by atoms with Crippen LogP contribution in [0.3, 0.4) is 0 Å². The first-order valence-corrected chi connectivity index (χ1v) is 12.8. The number of aliphatic hydroxyl groups is 3. The van der Waals surface area contributed by atoms with Crippen molar-refractivity contribution in [2.45, 2.75) is 90.4 Å². The lowest BCUT2D eigenvalue weighted by Gasteiger charge is -2.41. The van der Waals surface area contributed by atoms with Gasteiger partial charge in [-0.3, -0.25) is 8.67 Å². The molecule has 9 nitrogen and oxygen atoms in total. The fraction of sp³-hybridized carbons (Fsp3) is 1.00. The number of rotatable bonds is 19. The van der Waals surface area contributed by atoms with Crippen LogP contribution in [0.4, 0.5) is 0 Å². The van der Waals surface area contributed by atoms with Crippen molar-refractivity contribution in [2.24, 2.45) is 0 Å². The Kier molecular flexibility index (Phi) is 21.5. The second kappa shape index (κ2) is 20.3. The average Bonchev–Trinajstić information content (AvgIpc) is 2.68. The lowest BCUT2D eigenvalue weighted by molar-refractivity contribution is -0.958. The molecule has 10 heteroatoms. The molecule has 0 aliphatic rings. The maximum Gasteiger partial charge on any atom is 0.219 e. The van der Waals surface area contributed by atoms with Crippen LogP contribution in [0.2, 0.25) is 0 Å². The number of quaternary nitrogens is 1. The van der Waals surface area contributed by atoms with Gasteiger partial charge in [0, 0.05) is 0 Å². The van der Waals surface area contributed by atoms with Crippen LogP contribution in [0.5, 0.6) is 0 Å². The van der Waals surface area contributed by atoms with Gasteiger partial charge in [0.25, 0.3) is 0 Å². The summed E-state index contributed by atoms with van der Waals surface area (Å²) in [4.78, 5) is 0. The Balaban J connectivity index is 0. The molecule has 2 atom stereocenters. The summed E-state index contributed by atoms with van der Waals surface area (Å²) in [7, 11) is -1.69. The largest absolute Gasteiger partial charge is 0.726 e. The topological polar surface area (TPSA) is 136 Å². The summed E-state index contributed by atoms with van der Waals surface area (Å²) >= 11 is 0. The standard InChI is InChI=1S/C20H44NO4.CH4O4S/c1-4-5-6-7-8-9-10-11-12-13-18-25-20(19(2)24)21(3,14-16-22)15-17-23;1-5-6(2,3)4/h19-20,22-24H,4-18H2,1-3H3;1H3,(H,2,3,4)/q+1;/p-1. The molecular formula is C21H47NO8S. The third-order valence-electron chi connectivity index (χ3n) is 5.24. The zero-order valence-electron chi connectivity index (χ0n) is 20.0. The minimum atomic E-state index is -4.41. The van der Waals surface area contributed by atoms with Gasteiger partial charge in [-0.1, -0.05) is 64.7 Å². The number of ether oxygens (including phenoxy) is 1. The van der Waals surface area contributed by atoms with Gasteiger partial charge in [-0.2, -0.15) is 0 Å². The minimum Gasteiger partial charge on any atom is -0.726 e. The molecule has 0 bridgehead atoms. The summed E-state index contributed by atoms with van der Waals surface area (Å²) in [5.41, 5.74) is 0. The molecule has 0 saturated carbocycles. The Hall–Kier alpha value is -0.330. The first kappa shape index (κ1) is 32.8. The van der Waals surface area contributed by atoms with Crippen molar-refractivity contribution in [1.82, 2.24) is 0 Å². The molecule has 0 saturated heterocycles. The van der Waals surface area contributed by atoms with Crippen molar-refractivity contribution < 1.29 is 41.7 Å². The maximum atomic E-state index is 10.1. The number of hydrogen-bond donors (Lipinski definition) is 3. The van der Waals surface area contributed by atoms with Crippen molar-refractivity contribution in [3.05, 3.63) is 0 Å². The maximum absolute atomic E-state index is 10.1. The highest BCUT2D eigenvalue weighted by Crippen LogP contribution is 2.17. The molecule has 0 aliphatic heterocycles. The molecule has 0 heterocycles. The van der Waals surface area contributed by atoms with Gasteiger partial charge in [0.15, 0.2) is 0 Å². The molecule has 0 aromatic carbocycles. The molecule has 0 amide bonds. The van der Waals surface area contributed by atoms with Crippen LogP contribution in [0, 0.1) is 0 Å². The summed E-state index contributed by atoms with van der Waals surface area (Å²) in [6.45, 7) is 5.55. The number of aliphatic hydroxyl groups excluding tert-OH is 3. The molecule has 31 heavy (non-hydrogen) atoms. The van der Waals surface area contributed by atoms with E-state index in [0.717, 1.165) is 20.0 Å². The van der Waals surface area contributed by atoms with E-state index in [4.69, 9.17) is 4.74 Å². The highest BCUT2D eigenvalue weighted by atomic mass is 32.3. The predicted molar refractivity (Wildman–Crippen MR) is 120 cm³/mol. The lowest BCUT2D eigenvalue weighted by Crippen LogP contribution is -2.60. The minimum absolute atomic E-state index is 0.0152. The Morgan fingerprint density at radius 1 is 0.903 bits per heavy atom. The predicted octanol–water partition coefficient (Wildman–Crippen LogP) is 2.15. The second-order valence-electron chi connectivity index (χ2n) is 8.13. The fourth-order valence-corrected chi connectivity index (χ4v) is 3.46. The smallest absolute Gasteiger partial charge is 0.219 e. The van der Waals surface area contributed by atoms with E-state index in [-0.39, 0.29) is 13.2 Å². The van der Waals surface area contributed by atoms with E-state index in [1.165, 1.54) is 51.4 Å². The van der Waals surface area contributed by atoms with Gasteiger partial charge in [-0.25, -0.2) is 8.42 Å².